The molecular formula is C13H19N5O2. The molecule has 4 heterocycles. The van der Waals surface area contributed by atoms with Crippen LogP contribution in [0.1, 0.15) is 18.7 Å². The van der Waals surface area contributed by atoms with Crippen molar-refractivity contribution in [2.75, 3.05) is 25.1 Å². The number of anilines is 1. The summed E-state index contributed by atoms with van der Waals surface area (Å²) in [5.41, 5.74) is 1.50. The highest BCUT2D eigenvalue weighted by Crippen LogP contribution is 2.21. The summed E-state index contributed by atoms with van der Waals surface area (Å²) >= 11 is 0. The summed E-state index contributed by atoms with van der Waals surface area (Å²) in [5, 5.41) is 3.18. The van der Waals surface area contributed by atoms with Gasteiger partial charge in [-0.3, -0.25) is 9.13 Å². The minimum atomic E-state index is -0.0207. The van der Waals surface area contributed by atoms with Crippen LogP contribution in [0.2, 0.25) is 0 Å². The predicted molar refractivity (Wildman–Crippen MR) is 76.0 cm³/mol. The van der Waals surface area contributed by atoms with Gasteiger partial charge in [-0.1, -0.05) is 0 Å². The van der Waals surface area contributed by atoms with Gasteiger partial charge >= 0.3 is 5.69 Å². The van der Waals surface area contributed by atoms with Crippen LogP contribution >= 0.6 is 0 Å². The Hall–Kier alpha value is -1.89. The number of ether oxygens (including phenoxy) is 1. The van der Waals surface area contributed by atoms with Gasteiger partial charge < -0.3 is 10.1 Å². The van der Waals surface area contributed by atoms with Crippen molar-refractivity contribution in [3.05, 3.63) is 16.3 Å². The largest absolute Gasteiger partial charge is 0.381 e. The number of aryl methyl sites for hydroxylation is 2. The van der Waals surface area contributed by atoms with Gasteiger partial charge in [0.25, 0.3) is 0 Å². The van der Waals surface area contributed by atoms with Crippen molar-refractivity contribution >= 4 is 17.0 Å². The number of nitrogens with zero attached hydrogens (tertiary/aromatic N) is 4. The molecule has 20 heavy (non-hydrogen) atoms. The maximum atomic E-state index is 11.8. The molecule has 0 saturated carbocycles. The number of hydrogen-bond donors (Lipinski definition) is 1. The number of hydrogen-bond acceptors (Lipinski definition) is 5. The standard InChI is InChI=1S/C9H11N5O.C4H8O/c1-5-11-7-6-8(12-5)13(2)9(15)14(6)4-3-10-7;1-2-4-5-3-1/h3-4H2,1-2H3,(H,10,11,12);1-4H2. The average Bonchev–Trinajstić information content (AvgIpc) is 3.09. The minimum Gasteiger partial charge on any atom is -0.381 e. The van der Waals surface area contributed by atoms with E-state index in [1.54, 1.807) is 16.2 Å². The lowest BCUT2D eigenvalue weighted by Gasteiger charge is -2.14. The molecule has 2 aliphatic rings. The summed E-state index contributed by atoms with van der Waals surface area (Å²) in [6.45, 7) is 5.24. The lowest BCUT2D eigenvalue weighted by atomic mass is 10.4. The van der Waals surface area contributed by atoms with Crippen LogP contribution in [0.25, 0.3) is 11.2 Å². The van der Waals surface area contributed by atoms with E-state index in [0.717, 1.165) is 31.1 Å². The average molecular weight is 277 g/mol. The molecule has 0 amide bonds. The molecule has 2 aromatic rings. The van der Waals surface area contributed by atoms with Gasteiger partial charge in [0.15, 0.2) is 11.5 Å². The fourth-order valence-corrected chi connectivity index (χ4v) is 2.53. The second-order valence-electron chi connectivity index (χ2n) is 5.03. The summed E-state index contributed by atoms with van der Waals surface area (Å²) in [4.78, 5) is 20.4. The Morgan fingerprint density at radius 1 is 1.25 bits per heavy atom. The van der Waals surface area contributed by atoms with Crippen molar-refractivity contribution in [1.82, 2.24) is 19.1 Å². The Bertz CT molecular complexity index is 676. The lowest BCUT2D eigenvalue weighted by molar-refractivity contribution is 0.198. The second-order valence-corrected chi connectivity index (χ2v) is 5.03. The molecule has 0 aromatic carbocycles. The van der Waals surface area contributed by atoms with Gasteiger partial charge in [-0.2, -0.15) is 0 Å². The molecule has 0 radical (unpaired) electrons. The summed E-state index contributed by atoms with van der Waals surface area (Å²) in [5.74, 6) is 1.45. The second kappa shape index (κ2) is 5.24. The highest BCUT2D eigenvalue weighted by Gasteiger charge is 2.20. The van der Waals surface area contributed by atoms with Gasteiger partial charge in [-0.25, -0.2) is 14.8 Å². The molecule has 0 bridgehead atoms. The first-order valence-electron chi connectivity index (χ1n) is 6.94. The third kappa shape index (κ3) is 2.18. The molecule has 0 spiro atoms. The van der Waals surface area contributed by atoms with Crippen LogP contribution in [0.4, 0.5) is 5.82 Å². The summed E-state index contributed by atoms with van der Waals surface area (Å²) in [6, 6.07) is 0. The van der Waals surface area contributed by atoms with Crippen molar-refractivity contribution in [1.29, 1.82) is 0 Å². The van der Waals surface area contributed by atoms with Gasteiger partial charge in [-0.05, 0) is 19.8 Å². The molecule has 4 rings (SSSR count). The van der Waals surface area contributed by atoms with Crippen LogP contribution in [-0.4, -0.2) is 38.9 Å². The zero-order chi connectivity index (χ0) is 14.1. The molecular weight excluding hydrogens is 258 g/mol. The first kappa shape index (κ1) is 13.1. The van der Waals surface area contributed by atoms with E-state index in [4.69, 9.17) is 4.74 Å². The zero-order valence-corrected chi connectivity index (χ0v) is 11.8. The van der Waals surface area contributed by atoms with Crippen LogP contribution in [0, 0.1) is 6.92 Å². The molecule has 1 fully saturated rings. The summed E-state index contributed by atoms with van der Waals surface area (Å²) < 4.78 is 8.24. The monoisotopic (exact) mass is 277 g/mol. The van der Waals surface area contributed by atoms with E-state index in [1.807, 2.05) is 6.92 Å². The molecule has 7 heteroatoms. The maximum absolute atomic E-state index is 11.8. The molecule has 0 atom stereocenters. The predicted octanol–water partition coefficient (Wildman–Crippen LogP) is 0.661. The van der Waals surface area contributed by atoms with Gasteiger partial charge in [0.05, 0.1) is 0 Å². The van der Waals surface area contributed by atoms with Crippen LogP contribution in [-0.2, 0) is 18.3 Å². The van der Waals surface area contributed by atoms with E-state index in [0.29, 0.717) is 18.0 Å². The van der Waals surface area contributed by atoms with E-state index >= 15 is 0 Å². The first-order valence-corrected chi connectivity index (χ1v) is 6.94. The van der Waals surface area contributed by atoms with E-state index in [2.05, 4.69) is 15.3 Å². The first-order chi connectivity index (χ1) is 9.68. The number of nitrogens with one attached hydrogen (secondary N) is 1. The van der Waals surface area contributed by atoms with E-state index in [-0.39, 0.29) is 5.69 Å². The highest BCUT2D eigenvalue weighted by molar-refractivity contribution is 5.84. The van der Waals surface area contributed by atoms with Crippen molar-refractivity contribution in [2.45, 2.75) is 26.3 Å². The molecule has 108 valence electrons. The smallest absolute Gasteiger partial charge is 0.330 e. The van der Waals surface area contributed by atoms with Gasteiger partial charge in [0.2, 0.25) is 0 Å². The highest BCUT2D eigenvalue weighted by atomic mass is 16.5. The van der Waals surface area contributed by atoms with Crippen molar-refractivity contribution < 1.29 is 4.74 Å². The summed E-state index contributed by atoms with van der Waals surface area (Å²) in [6.07, 6.45) is 2.56. The quantitative estimate of drug-likeness (QED) is 0.766. The summed E-state index contributed by atoms with van der Waals surface area (Å²) in [7, 11) is 1.74. The topological polar surface area (TPSA) is 74.0 Å². The normalized spacial score (nSPS) is 16.7. The van der Waals surface area contributed by atoms with Gasteiger partial charge in [0.1, 0.15) is 11.3 Å². The number of rotatable bonds is 0. The molecule has 2 aromatic heterocycles. The number of imidazole rings is 1. The van der Waals surface area contributed by atoms with E-state index < -0.39 is 0 Å². The third-order valence-corrected chi connectivity index (χ3v) is 3.54. The fraction of sp³-hybridized carbons (Fsp3) is 0.615. The molecule has 7 nitrogen and oxygen atoms in total. The third-order valence-electron chi connectivity index (χ3n) is 3.54. The Kier molecular flexibility index (Phi) is 3.43. The Morgan fingerprint density at radius 3 is 2.65 bits per heavy atom. The fourth-order valence-electron chi connectivity index (χ4n) is 2.53. The maximum Gasteiger partial charge on any atom is 0.330 e. The molecule has 1 N–H and O–H groups in total. The molecule has 2 aliphatic heterocycles. The van der Waals surface area contributed by atoms with Crippen LogP contribution < -0.4 is 11.0 Å². The van der Waals surface area contributed by atoms with E-state index in [1.165, 1.54) is 12.8 Å². The Balaban J connectivity index is 0.000000205. The molecule has 0 unspecified atom stereocenters. The lowest BCUT2D eigenvalue weighted by Crippen LogP contribution is -2.27. The minimum absolute atomic E-state index is 0.0207. The van der Waals surface area contributed by atoms with Crippen LogP contribution in [0.3, 0.4) is 0 Å². The van der Waals surface area contributed by atoms with Crippen LogP contribution in [0.5, 0.6) is 0 Å². The van der Waals surface area contributed by atoms with Crippen molar-refractivity contribution in [3.8, 4) is 0 Å². The van der Waals surface area contributed by atoms with Crippen molar-refractivity contribution in [2.24, 2.45) is 7.05 Å². The van der Waals surface area contributed by atoms with Gasteiger partial charge in [-0.15, -0.1) is 0 Å². The SMILES string of the molecule is C1CCOC1.Cc1nc2c3c(n1)n(C)c(=O)n3CCN2. The van der Waals surface area contributed by atoms with Gasteiger partial charge in [0, 0.05) is 33.4 Å². The molecule has 1 saturated heterocycles. The van der Waals surface area contributed by atoms with Crippen molar-refractivity contribution in [3.63, 3.8) is 0 Å². The Morgan fingerprint density at radius 2 is 2.00 bits per heavy atom. The van der Waals surface area contributed by atoms with E-state index in [9.17, 15) is 4.79 Å². The number of aromatic nitrogens is 4. The van der Waals surface area contributed by atoms with Crippen LogP contribution in [0.15, 0.2) is 4.79 Å². The zero-order valence-electron chi connectivity index (χ0n) is 11.8. The molecule has 0 aliphatic carbocycles. The Labute approximate surface area is 116 Å².